The topological polar surface area (TPSA) is 111 Å². The number of rotatable bonds is 7. The average molecular weight is 497 g/mol. The molecule has 2 saturated heterocycles. The highest BCUT2D eigenvalue weighted by Gasteiger charge is 2.39. The van der Waals surface area contributed by atoms with Crippen LogP contribution in [0.25, 0.3) is 0 Å². The molecule has 5 rings (SSSR count). The molecular formula is C26H40N8O2. The normalized spacial score (nSPS) is 24.5. The van der Waals surface area contributed by atoms with Gasteiger partial charge in [-0.2, -0.15) is 4.98 Å². The monoisotopic (exact) mass is 496 g/mol. The van der Waals surface area contributed by atoms with Gasteiger partial charge in [0.15, 0.2) is 0 Å². The van der Waals surface area contributed by atoms with Crippen molar-refractivity contribution in [3.63, 3.8) is 0 Å². The molecule has 2 aliphatic heterocycles. The van der Waals surface area contributed by atoms with Crippen LogP contribution in [-0.2, 0) is 17.6 Å². The standard InChI is InChI=1S/C26H40N8O2/c1-16(2)32-10-6-7-18(12-32)28-25(36)22-11-19(35)13-34(22)26-29-21-9-5-8-20(21)24(31-26)30-23-14-33(15-27-23)17(3)4/h14-19,22,35H,5-13H2,1-4H3,(H,28,36)(H,29,30,31)/t18?,19-,22-/m0/s1. The van der Waals surface area contributed by atoms with E-state index in [1.807, 2.05) is 22.0 Å². The van der Waals surface area contributed by atoms with Crippen LogP contribution in [0.2, 0.25) is 0 Å². The number of nitrogens with one attached hydrogen (secondary N) is 2. The van der Waals surface area contributed by atoms with Crippen molar-refractivity contribution in [1.82, 2.24) is 29.7 Å². The van der Waals surface area contributed by atoms with Crippen LogP contribution in [0.3, 0.4) is 0 Å². The van der Waals surface area contributed by atoms with Crippen molar-refractivity contribution < 1.29 is 9.90 Å². The Balaban J connectivity index is 1.36. The van der Waals surface area contributed by atoms with E-state index in [1.54, 1.807) is 0 Å². The Morgan fingerprint density at radius 3 is 2.69 bits per heavy atom. The molecule has 10 nitrogen and oxygen atoms in total. The molecular weight excluding hydrogens is 456 g/mol. The number of fused-ring (bicyclic) bond motifs is 1. The Kier molecular flexibility index (Phi) is 7.16. The van der Waals surface area contributed by atoms with Gasteiger partial charge < -0.3 is 25.2 Å². The van der Waals surface area contributed by atoms with Crippen molar-refractivity contribution in [2.45, 2.75) is 96.5 Å². The third-order valence-corrected chi connectivity index (χ3v) is 7.73. The van der Waals surface area contributed by atoms with Crippen LogP contribution in [0.5, 0.6) is 0 Å². The lowest BCUT2D eigenvalue weighted by Gasteiger charge is -2.36. The smallest absolute Gasteiger partial charge is 0.243 e. The highest BCUT2D eigenvalue weighted by Crippen LogP contribution is 2.32. The summed E-state index contributed by atoms with van der Waals surface area (Å²) in [6.07, 6.45) is 8.49. The molecule has 196 valence electrons. The molecule has 3 aliphatic rings. The highest BCUT2D eigenvalue weighted by atomic mass is 16.3. The van der Waals surface area contributed by atoms with Gasteiger partial charge in [0.1, 0.15) is 17.7 Å². The minimum atomic E-state index is -0.589. The van der Waals surface area contributed by atoms with Gasteiger partial charge in [-0.1, -0.05) is 0 Å². The molecule has 2 aromatic heterocycles. The van der Waals surface area contributed by atoms with Gasteiger partial charge in [0.2, 0.25) is 11.9 Å². The molecule has 4 heterocycles. The summed E-state index contributed by atoms with van der Waals surface area (Å²) in [7, 11) is 0. The largest absolute Gasteiger partial charge is 0.391 e. The first kappa shape index (κ1) is 25.0. The van der Waals surface area contributed by atoms with Crippen molar-refractivity contribution >= 4 is 23.5 Å². The number of amides is 1. The number of carbonyl (C=O) groups is 1. The number of nitrogens with zero attached hydrogens (tertiary/aromatic N) is 6. The molecule has 1 unspecified atom stereocenters. The molecule has 0 aromatic carbocycles. The number of aliphatic hydroxyl groups is 1. The maximum Gasteiger partial charge on any atom is 0.243 e. The Morgan fingerprint density at radius 1 is 1.11 bits per heavy atom. The Hall–Kier alpha value is -2.72. The predicted octanol–water partition coefficient (Wildman–Crippen LogP) is 2.41. The molecule has 0 radical (unpaired) electrons. The summed E-state index contributed by atoms with van der Waals surface area (Å²) >= 11 is 0. The van der Waals surface area contributed by atoms with Crippen molar-refractivity contribution in [2.24, 2.45) is 0 Å². The van der Waals surface area contributed by atoms with Gasteiger partial charge in [0, 0.05) is 49.4 Å². The summed E-state index contributed by atoms with van der Waals surface area (Å²) < 4.78 is 2.05. The van der Waals surface area contributed by atoms with Crippen molar-refractivity contribution in [3.05, 3.63) is 23.8 Å². The summed E-state index contributed by atoms with van der Waals surface area (Å²) in [5.74, 6) is 1.95. The molecule has 3 atom stereocenters. The molecule has 0 spiro atoms. The second-order valence-electron chi connectivity index (χ2n) is 11.1. The fraction of sp³-hybridized carbons (Fsp3) is 0.692. The van der Waals surface area contributed by atoms with Gasteiger partial charge in [0.05, 0.1) is 18.1 Å². The fourth-order valence-electron chi connectivity index (χ4n) is 5.63. The summed E-state index contributed by atoms with van der Waals surface area (Å²) in [6, 6.07) is 0.429. The number of carbonyl (C=O) groups excluding carboxylic acids is 1. The van der Waals surface area contributed by atoms with Crippen molar-refractivity contribution in [1.29, 1.82) is 0 Å². The van der Waals surface area contributed by atoms with E-state index in [1.165, 1.54) is 0 Å². The summed E-state index contributed by atoms with van der Waals surface area (Å²) in [6.45, 7) is 10.9. The molecule has 2 fully saturated rings. The van der Waals surface area contributed by atoms with Crippen molar-refractivity contribution in [3.8, 4) is 0 Å². The number of imidazole rings is 1. The lowest BCUT2D eigenvalue weighted by Crippen LogP contribution is -2.53. The number of aryl methyl sites for hydroxylation is 1. The maximum absolute atomic E-state index is 13.4. The molecule has 1 aliphatic carbocycles. The van der Waals surface area contributed by atoms with E-state index in [-0.39, 0.29) is 11.9 Å². The Morgan fingerprint density at radius 2 is 1.94 bits per heavy atom. The molecule has 0 saturated carbocycles. The number of piperidine rings is 1. The first-order valence-electron chi connectivity index (χ1n) is 13.5. The van der Waals surface area contributed by atoms with Crippen molar-refractivity contribution in [2.75, 3.05) is 29.9 Å². The second-order valence-corrected chi connectivity index (χ2v) is 11.1. The zero-order valence-electron chi connectivity index (χ0n) is 21.9. The first-order chi connectivity index (χ1) is 17.3. The molecule has 0 bridgehead atoms. The fourth-order valence-corrected chi connectivity index (χ4v) is 5.63. The van der Waals surface area contributed by atoms with Crippen LogP contribution in [-0.4, -0.2) is 79.3 Å². The van der Waals surface area contributed by atoms with E-state index in [2.05, 4.69) is 48.2 Å². The number of β-amino-alcohol motifs (C(OH)–C–C–N with tert-alkyl or cyclic N) is 1. The summed E-state index contributed by atoms with van der Waals surface area (Å²) in [5, 5.41) is 17.2. The molecule has 36 heavy (non-hydrogen) atoms. The van der Waals surface area contributed by atoms with Gasteiger partial charge in [-0.05, 0) is 66.3 Å². The predicted molar refractivity (Wildman–Crippen MR) is 140 cm³/mol. The van der Waals surface area contributed by atoms with Crippen LogP contribution in [0, 0.1) is 0 Å². The zero-order valence-corrected chi connectivity index (χ0v) is 21.9. The summed E-state index contributed by atoms with van der Waals surface area (Å²) in [5.41, 5.74) is 2.14. The van der Waals surface area contributed by atoms with Crippen LogP contribution in [0.4, 0.5) is 17.6 Å². The van der Waals surface area contributed by atoms with E-state index in [4.69, 9.17) is 9.97 Å². The lowest BCUT2D eigenvalue weighted by atomic mass is 10.0. The van der Waals surface area contributed by atoms with Crippen LogP contribution < -0.4 is 15.5 Å². The SMILES string of the molecule is CC(C)N1CCCC(NC(=O)[C@@H]2C[C@H](O)CN2c2nc3c(c(Nc4cn(C(C)C)cn4)n2)CCC3)C1. The van der Waals surface area contributed by atoms with Crippen LogP contribution in [0.1, 0.15) is 70.7 Å². The van der Waals surface area contributed by atoms with Gasteiger partial charge in [-0.25, -0.2) is 9.97 Å². The van der Waals surface area contributed by atoms with E-state index >= 15 is 0 Å². The summed E-state index contributed by atoms with van der Waals surface area (Å²) in [4.78, 5) is 32.0. The number of hydrogen-bond acceptors (Lipinski definition) is 8. The highest BCUT2D eigenvalue weighted by molar-refractivity contribution is 5.86. The van der Waals surface area contributed by atoms with Crippen LogP contribution in [0.15, 0.2) is 12.5 Å². The average Bonchev–Trinajstić information content (AvgIpc) is 3.58. The van der Waals surface area contributed by atoms with E-state index in [0.717, 1.165) is 68.1 Å². The van der Waals surface area contributed by atoms with E-state index < -0.39 is 12.1 Å². The zero-order chi connectivity index (χ0) is 25.4. The number of aromatic nitrogens is 4. The van der Waals surface area contributed by atoms with Gasteiger partial charge in [0.25, 0.3) is 0 Å². The third kappa shape index (κ3) is 5.20. The number of anilines is 3. The minimum absolute atomic E-state index is 0.0450. The second kappa shape index (κ2) is 10.3. The Labute approximate surface area is 213 Å². The van der Waals surface area contributed by atoms with Gasteiger partial charge >= 0.3 is 0 Å². The first-order valence-corrected chi connectivity index (χ1v) is 13.5. The molecule has 2 aromatic rings. The number of likely N-dealkylation sites (tertiary alicyclic amines) is 1. The van der Waals surface area contributed by atoms with E-state index in [9.17, 15) is 9.90 Å². The van der Waals surface area contributed by atoms with Crippen LogP contribution >= 0.6 is 0 Å². The maximum atomic E-state index is 13.4. The molecule has 1 amide bonds. The third-order valence-electron chi connectivity index (χ3n) is 7.73. The van der Waals surface area contributed by atoms with E-state index in [0.29, 0.717) is 31.0 Å². The number of hydrogen-bond donors (Lipinski definition) is 3. The number of aliphatic hydroxyl groups excluding tert-OH is 1. The van der Waals surface area contributed by atoms with Gasteiger partial charge in [-0.3, -0.25) is 9.69 Å². The molecule has 10 heteroatoms. The minimum Gasteiger partial charge on any atom is -0.391 e. The lowest BCUT2D eigenvalue weighted by molar-refractivity contribution is -0.123. The quantitative estimate of drug-likeness (QED) is 0.536. The molecule has 3 N–H and O–H groups in total. The van der Waals surface area contributed by atoms with Gasteiger partial charge in [-0.15, -0.1) is 0 Å². The Bertz CT molecular complexity index is 1080.